The number of hydrogen-bond acceptors (Lipinski definition) is 17. The molecule has 0 amide bonds. The SMILES string of the molecule is CC(C)N(C)c1nc2cc(C(=O)O)ccc2nc1-c1ccc(F)cc1.CO.COC(=O)c1ccc2nc(-c3ccc(F)cc3)c(N(C)C(C)C)nc2c1.COC(=O)c1ccc2nc(Cl)c(N(C)C(C)C)nc2c1.OB(O)c1ccc(F)cc1. The van der Waals surface area contributed by atoms with E-state index in [2.05, 4.69) is 19.9 Å². The van der Waals surface area contributed by atoms with Crippen LogP contribution in [0.3, 0.4) is 0 Å². The average molecular weight is 1160 g/mol. The first-order valence-corrected chi connectivity index (χ1v) is 26.1. The van der Waals surface area contributed by atoms with E-state index in [-0.39, 0.29) is 41.1 Å². The summed E-state index contributed by atoms with van der Waals surface area (Å²) in [5.74, 6) is -0.952. The van der Waals surface area contributed by atoms with Crippen molar-refractivity contribution < 1.29 is 57.3 Å². The van der Waals surface area contributed by atoms with Crippen LogP contribution in [0.5, 0.6) is 0 Å². The lowest BCUT2D eigenvalue weighted by molar-refractivity contribution is 0.0592. The molecule has 0 saturated heterocycles. The summed E-state index contributed by atoms with van der Waals surface area (Å²) in [4.78, 5) is 68.0. The van der Waals surface area contributed by atoms with Crippen LogP contribution in [0, 0.1) is 17.5 Å². The Kier molecular flexibility index (Phi) is 23.3. The Morgan fingerprint density at radius 1 is 0.470 bits per heavy atom. The number of anilines is 3. The van der Waals surface area contributed by atoms with Gasteiger partial charge < -0.3 is 44.4 Å². The molecule has 0 atom stereocenters. The van der Waals surface area contributed by atoms with E-state index in [1.165, 1.54) is 74.9 Å². The largest absolute Gasteiger partial charge is 0.488 e. The molecule has 0 unspecified atom stereocenters. The van der Waals surface area contributed by atoms with Gasteiger partial charge in [-0.15, -0.1) is 0 Å². The van der Waals surface area contributed by atoms with Crippen molar-refractivity contribution in [2.75, 3.05) is 57.2 Å². The van der Waals surface area contributed by atoms with Crippen LogP contribution in [0.25, 0.3) is 55.6 Å². The predicted molar refractivity (Wildman–Crippen MR) is 319 cm³/mol. The first kappa shape index (κ1) is 65.0. The molecule has 9 aromatic rings. The number of nitrogens with zero attached hydrogens (tertiary/aromatic N) is 9. The van der Waals surface area contributed by atoms with Gasteiger partial charge in [0.1, 0.15) is 28.8 Å². The van der Waals surface area contributed by atoms with E-state index in [9.17, 15) is 32.7 Å². The second-order valence-electron chi connectivity index (χ2n) is 19.1. The fourth-order valence-corrected chi connectivity index (χ4v) is 7.69. The van der Waals surface area contributed by atoms with E-state index in [1.807, 2.05) is 77.4 Å². The Bertz CT molecular complexity index is 3680. The third-order valence-electron chi connectivity index (χ3n) is 12.7. The van der Waals surface area contributed by atoms with E-state index in [0.29, 0.717) is 83.7 Å². The van der Waals surface area contributed by atoms with Gasteiger partial charge in [0.25, 0.3) is 0 Å². The lowest BCUT2D eigenvalue weighted by atomic mass is 9.80. The van der Waals surface area contributed by atoms with Gasteiger partial charge in [-0.3, -0.25) is 0 Å². The van der Waals surface area contributed by atoms with Crippen molar-refractivity contribution in [1.29, 1.82) is 0 Å². The summed E-state index contributed by atoms with van der Waals surface area (Å²) < 4.78 is 48.2. The van der Waals surface area contributed by atoms with Gasteiger partial charge in [-0.2, -0.15) is 0 Å². The van der Waals surface area contributed by atoms with Crippen LogP contribution in [-0.2, 0) is 9.47 Å². The van der Waals surface area contributed by atoms with Crippen molar-refractivity contribution in [2.45, 2.75) is 59.7 Å². The number of aromatic nitrogens is 6. The summed E-state index contributed by atoms with van der Waals surface area (Å²) in [5, 5.41) is 33.6. The van der Waals surface area contributed by atoms with Crippen LogP contribution in [0.4, 0.5) is 30.6 Å². The van der Waals surface area contributed by atoms with Gasteiger partial charge in [0.2, 0.25) is 0 Å². The standard InChI is InChI=1S/C20H20FN3O2.C19H18FN3O2.C14H16ClN3O2.C6H6BFO2.CH4O/c1-12(2)24(3)19-18(13-5-8-15(21)9-6-13)22-16-10-7-14(20(25)26-4)11-17(16)23-19;1-11(2)23(3)18-17(12-4-7-14(20)8-5-12)21-15-9-6-13(19(24)25)10-16(15)22-18;1-8(2)18(3)13-12(15)16-10-6-5-9(14(19)20-4)7-11(10)17-13;8-6-3-1-5(2-4-6)7(9)10;1-2/h5-12H,1-4H3;4-11H,1-3H3,(H,24,25);5-8H,1-4H3;1-4,9-10H;2H,1H3. The monoisotopic (exact) mass is 1160 g/mol. The Labute approximate surface area is 484 Å². The van der Waals surface area contributed by atoms with Crippen LogP contribution in [0.2, 0.25) is 5.15 Å². The van der Waals surface area contributed by atoms with Crippen LogP contribution in [0.15, 0.2) is 127 Å². The number of halogens is 4. The summed E-state index contributed by atoms with van der Waals surface area (Å²) in [5.41, 5.74) is 7.74. The molecule has 0 aliphatic carbocycles. The highest BCUT2D eigenvalue weighted by Crippen LogP contribution is 2.33. The first-order valence-electron chi connectivity index (χ1n) is 25.7. The molecule has 9 rings (SSSR count). The Morgan fingerprint density at radius 2 is 0.783 bits per heavy atom. The Hall–Kier alpha value is -8.83. The number of carbonyl (C=O) groups excluding carboxylic acids is 2. The zero-order valence-corrected chi connectivity index (χ0v) is 48.6. The number of aliphatic hydroxyl groups is 1. The molecule has 434 valence electrons. The van der Waals surface area contributed by atoms with Crippen molar-refractivity contribution >= 4 is 92.6 Å². The molecule has 0 spiro atoms. The number of carboxylic acids is 1. The van der Waals surface area contributed by atoms with E-state index >= 15 is 0 Å². The number of ether oxygens (including phenoxy) is 2. The molecule has 0 bridgehead atoms. The van der Waals surface area contributed by atoms with Crippen LogP contribution in [-0.4, -0.2) is 136 Å². The van der Waals surface area contributed by atoms with E-state index in [0.717, 1.165) is 18.2 Å². The molecule has 0 saturated carbocycles. The van der Waals surface area contributed by atoms with Gasteiger partial charge in [-0.1, -0.05) is 23.7 Å². The molecule has 0 radical (unpaired) electrons. The van der Waals surface area contributed by atoms with E-state index in [1.54, 1.807) is 66.7 Å². The van der Waals surface area contributed by atoms with Crippen molar-refractivity contribution in [3.8, 4) is 22.5 Å². The number of carboxylic acid groups (broad SMARTS) is 1. The molecule has 6 aromatic carbocycles. The third kappa shape index (κ3) is 16.9. The maximum absolute atomic E-state index is 13.3. The molecule has 83 heavy (non-hydrogen) atoms. The normalized spacial score (nSPS) is 10.6. The number of aromatic carboxylic acids is 1. The van der Waals surface area contributed by atoms with Gasteiger partial charge >= 0.3 is 25.0 Å². The number of fused-ring (bicyclic) bond motifs is 3. The quantitative estimate of drug-likeness (QED) is 0.0657. The minimum absolute atomic E-state index is 0.161. The summed E-state index contributed by atoms with van der Waals surface area (Å²) >= 11 is 6.16. The number of carbonyl (C=O) groups is 3. The number of hydrogen-bond donors (Lipinski definition) is 4. The maximum Gasteiger partial charge on any atom is 0.488 e. The Morgan fingerprint density at radius 3 is 1.12 bits per heavy atom. The van der Waals surface area contributed by atoms with Crippen molar-refractivity contribution in [3.05, 3.63) is 167 Å². The third-order valence-corrected chi connectivity index (χ3v) is 13.0. The predicted octanol–water partition coefficient (Wildman–Crippen LogP) is 10.1. The van der Waals surface area contributed by atoms with E-state index < -0.39 is 25.0 Å². The molecular weight excluding hydrogens is 1090 g/mol. The number of esters is 2. The van der Waals surface area contributed by atoms with Crippen molar-refractivity contribution in [2.24, 2.45) is 0 Å². The average Bonchev–Trinajstić information content (AvgIpc) is 3.64. The smallest absolute Gasteiger partial charge is 0.478 e. The van der Waals surface area contributed by atoms with Gasteiger partial charge in [0.05, 0.1) is 64.0 Å². The highest BCUT2D eigenvalue weighted by atomic mass is 35.5. The highest BCUT2D eigenvalue weighted by Gasteiger charge is 2.21. The van der Waals surface area contributed by atoms with Crippen molar-refractivity contribution in [3.63, 3.8) is 0 Å². The first-order chi connectivity index (χ1) is 39.4. The van der Waals surface area contributed by atoms with E-state index in [4.69, 9.17) is 46.2 Å². The molecule has 0 aliphatic rings. The van der Waals surface area contributed by atoms with Gasteiger partial charge in [0, 0.05) is 57.5 Å². The second-order valence-corrected chi connectivity index (χ2v) is 19.4. The van der Waals surface area contributed by atoms with Gasteiger partial charge in [-0.25, -0.2) is 57.5 Å². The van der Waals surface area contributed by atoms with Gasteiger partial charge in [0.15, 0.2) is 22.6 Å². The minimum atomic E-state index is -1.51. The number of benzene rings is 6. The second kappa shape index (κ2) is 29.8. The lowest BCUT2D eigenvalue weighted by Crippen LogP contribution is -2.29. The molecule has 3 aromatic heterocycles. The highest BCUT2D eigenvalue weighted by molar-refractivity contribution is 6.58. The summed E-state index contributed by atoms with van der Waals surface area (Å²) in [7, 11) is 7.90. The topological polar surface area (TPSA) is 238 Å². The molecular formula is C60H64BClF3N9O9. The Balaban J connectivity index is 0.000000209. The number of methoxy groups -OCH3 is 2. The maximum atomic E-state index is 13.3. The molecule has 0 aliphatic heterocycles. The fraction of sp³-hybridized carbons (Fsp3) is 0.250. The lowest BCUT2D eigenvalue weighted by Gasteiger charge is -2.25. The van der Waals surface area contributed by atoms with Crippen LogP contribution < -0.4 is 20.2 Å². The minimum Gasteiger partial charge on any atom is -0.478 e. The molecule has 0 fully saturated rings. The molecule has 3 heterocycles. The summed E-state index contributed by atoms with van der Waals surface area (Å²) in [6.07, 6.45) is 0. The zero-order valence-electron chi connectivity index (χ0n) is 47.8. The molecule has 23 heteroatoms. The zero-order chi connectivity index (χ0) is 61.4. The van der Waals surface area contributed by atoms with Gasteiger partial charge in [-0.05, 0) is 162 Å². The fourth-order valence-electron chi connectivity index (χ4n) is 7.42. The molecule has 4 N–H and O–H groups in total. The van der Waals surface area contributed by atoms with Crippen molar-refractivity contribution in [1.82, 2.24) is 29.9 Å². The molecule has 18 nitrogen and oxygen atoms in total. The number of rotatable bonds is 12. The summed E-state index contributed by atoms with van der Waals surface area (Å²) in [6.45, 7) is 12.2. The summed E-state index contributed by atoms with van der Waals surface area (Å²) in [6, 6.07) is 32.6. The van der Waals surface area contributed by atoms with Crippen LogP contribution in [0.1, 0.15) is 72.6 Å². The van der Waals surface area contributed by atoms with Crippen LogP contribution >= 0.6 is 11.6 Å². The number of aliphatic hydroxyl groups excluding tert-OH is 1.